The Hall–Kier alpha value is -3.67. The first-order valence-electron chi connectivity index (χ1n) is 12.2. The molecule has 0 bridgehead atoms. The van der Waals surface area contributed by atoms with Crippen LogP contribution in [0.4, 0.5) is 10.1 Å². The highest BCUT2D eigenvalue weighted by atomic mass is 19.1. The first-order chi connectivity index (χ1) is 17.0. The lowest BCUT2D eigenvalue weighted by Gasteiger charge is -2.17. The van der Waals surface area contributed by atoms with E-state index in [4.69, 9.17) is 9.72 Å². The van der Waals surface area contributed by atoms with Crippen LogP contribution in [0.15, 0.2) is 66.7 Å². The summed E-state index contributed by atoms with van der Waals surface area (Å²) in [5.74, 6) is 1.65. The number of nitrogens with zero attached hydrogens (tertiary/aromatic N) is 3. The van der Waals surface area contributed by atoms with Gasteiger partial charge in [0.25, 0.3) is 0 Å². The summed E-state index contributed by atoms with van der Waals surface area (Å²) >= 11 is 0. The number of para-hydroxylation sites is 3. The van der Waals surface area contributed by atoms with Crippen molar-refractivity contribution in [3.63, 3.8) is 0 Å². The van der Waals surface area contributed by atoms with Crippen LogP contribution in [0.2, 0.25) is 0 Å². The van der Waals surface area contributed by atoms with Crippen molar-refractivity contribution in [1.29, 1.82) is 0 Å². The van der Waals surface area contributed by atoms with Crippen LogP contribution in [0, 0.1) is 19.7 Å². The van der Waals surface area contributed by atoms with Crippen LogP contribution < -0.4 is 9.64 Å². The molecule has 0 aliphatic carbocycles. The molecule has 1 saturated heterocycles. The standard InChI is InChI=1S/C29H30FN3O2/c1-20-8-7-9-21(2)28(20)35-17-6-5-16-32-26-11-4-3-10-25(26)31-29(32)22-18-27(34)33(19-22)24-14-12-23(30)13-15-24/h3-4,7-15,22H,5-6,16-19H2,1-2H3/t22-/m1/s1. The minimum Gasteiger partial charge on any atom is -0.493 e. The highest BCUT2D eigenvalue weighted by Gasteiger charge is 2.34. The summed E-state index contributed by atoms with van der Waals surface area (Å²) < 4.78 is 21.7. The number of carbonyl (C=O) groups excluding carboxylic acids is 1. The van der Waals surface area contributed by atoms with Gasteiger partial charge < -0.3 is 14.2 Å². The second-order valence-corrected chi connectivity index (χ2v) is 9.27. The number of hydrogen-bond donors (Lipinski definition) is 0. The monoisotopic (exact) mass is 471 g/mol. The van der Waals surface area contributed by atoms with Gasteiger partial charge in [0.1, 0.15) is 17.4 Å². The highest BCUT2D eigenvalue weighted by Crippen LogP contribution is 2.33. The van der Waals surface area contributed by atoms with Gasteiger partial charge in [-0.2, -0.15) is 0 Å². The molecule has 1 aromatic heterocycles. The van der Waals surface area contributed by atoms with Crippen molar-refractivity contribution in [1.82, 2.24) is 9.55 Å². The van der Waals surface area contributed by atoms with Gasteiger partial charge in [0.15, 0.2) is 0 Å². The molecule has 6 heteroatoms. The molecule has 1 aliphatic heterocycles. The van der Waals surface area contributed by atoms with E-state index in [-0.39, 0.29) is 17.6 Å². The average molecular weight is 472 g/mol. The van der Waals surface area contributed by atoms with Crippen LogP contribution in [0.25, 0.3) is 11.0 Å². The van der Waals surface area contributed by atoms with E-state index in [1.165, 1.54) is 12.1 Å². The molecule has 5 rings (SSSR count). The summed E-state index contributed by atoms with van der Waals surface area (Å²) in [4.78, 5) is 19.5. The van der Waals surface area contributed by atoms with Gasteiger partial charge in [-0.1, -0.05) is 30.3 Å². The number of aryl methyl sites for hydroxylation is 3. The van der Waals surface area contributed by atoms with E-state index in [1.54, 1.807) is 17.0 Å². The van der Waals surface area contributed by atoms with Crippen LogP contribution in [-0.4, -0.2) is 28.6 Å². The molecule has 35 heavy (non-hydrogen) atoms. The Balaban J connectivity index is 1.30. The average Bonchev–Trinajstić information content (AvgIpc) is 3.41. The maximum Gasteiger partial charge on any atom is 0.227 e. The number of hydrogen-bond acceptors (Lipinski definition) is 3. The smallest absolute Gasteiger partial charge is 0.227 e. The van der Waals surface area contributed by atoms with Gasteiger partial charge in [-0.25, -0.2) is 9.37 Å². The number of unbranched alkanes of at least 4 members (excludes halogenated alkanes) is 1. The topological polar surface area (TPSA) is 47.4 Å². The minimum absolute atomic E-state index is 0.00850. The van der Waals surface area contributed by atoms with Crippen molar-refractivity contribution >= 4 is 22.6 Å². The van der Waals surface area contributed by atoms with E-state index in [1.807, 2.05) is 24.3 Å². The summed E-state index contributed by atoms with van der Waals surface area (Å²) in [7, 11) is 0. The minimum atomic E-state index is -0.305. The number of anilines is 1. The van der Waals surface area contributed by atoms with Gasteiger partial charge in [-0.3, -0.25) is 4.79 Å². The maximum absolute atomic E-state index is 13.4. The van der Waals surface area contributed by atoms with E-state index in [0.29, 0.717) is 19.6 Å². The number of benzene rings is 3. The second kappa shape index (κ2) is 9.90. The summed E-state index contributed by atoms with van der Waals surface area (Å²) in [6.45, 7) is 6.17. The Kier molecular flexibility index (Phi) is 6.53. The second-order valence-electron chi connectivity index (χ2n) is 9.27. The number of halogens is 1. The van der Waals surface area contributed by atoms with Crippen LogP contribution in [0.1, 0.15) is 42.1 Å². The van der Waals surface area contributed by atoms with Gasteiger partial charge in [0.05, 0.1) is 17.6 Å². The van der Waals surface area contributed by atoms with E-state index >= 15 is 0 Å². The Morgan fingerprint density at radius 3 is 2.49 bits per heavy atom. The first kappa shape index (κ1) is 23.1. The molecule has 1 atom stereocenters. The Labute approximate surface area is 205 Å². The van der Waals surface area contributed by atoms with Crippen molar-refractivity contribution in [2.24, 2.45) is 0 Å². The highest BCUT2D eigenvalue weighted by molar-refractivity contribution is 5.96. The van der Waals surface area contributed by atoms with Gasteiger partial charge in [-0.15, -0.1) is 0 Å². The Morgan fingerprint density at radius 1 is 0.971 bits per heavy atom. The normalized spacial score (nSPS) is 15.8. The molecule has 5 nitrogen and oxygen atoms in total. The quantitative estimate of drug-likeness (QED) is 0.289. The molecule has 1 fully saturated rings. The van der Waals surface area contributed by atoms with E-state index in [0.717, 1.165) is 58.8 Å². The number of fused-ring (bicyclic) bond motifs is 1. The number of imidazole rings is 1. The third-order valence-corrected chi connectivity index (χ3v) is 6.74. The molecule has 4 aromatic rings. The first-order valence-corrected chi connectivity index (χ1v) is 12.2. The third kappa shape index (κ3) is 4.78. The molecule has 0 N–H and O–H groups in total. The number of ether oxygens (including phenoxy) is 1. The molecule has 0 saturated carbocycles. The summed E-state index contributed by atoms with van der Waals surface area (Å²) in [5, 5.41) is 0. The Morgan fingerprint density at radius 2 is 1.71 bits per heavy atom. The molecule has 3 aromatic carbocycles. The number of rotatable bonds is 8. The van der Waals surface area contributed by atoms with E-state index in [9.17, 15) is 9.18 Å². The van der Waals surface area contributed by atoms with Crippen molar-refractivity contribution < 1.29 is 13.9 Å². The van der Waals surface area contributed by atoms with E-state index < -0.39 is 0 Å². The molecule has 1 aliphatic rings. The molecular formula is C29H30FN3O2. The molecular weight excluding hydrogens is 441 g/mol. The fourth-order valence-corrected chi connectivity index (χ4v) is 4.96. The van der Waals surface area contributed by atoms with Crippen LogP contribution in [-0.2, 0) is 11.3 Å². The van der Waals surface area contributed by atoms with Crippen molar-refractivity contribution in [2.45, 2.75) is 45.6 Å². The zero-order chi connectivity index (χ0) is 24.4. The number of aromatic nitrogens is 2. The zero-order valence-corrected chi connectivity index (χ0v) is 20.2. The predicted octanol–water partition coefficient (Wildman–Crippen LogP) is 6.17. The predicted molar refractivity (Wildman–Crippen MR) is 136 cm³/mol. The zero-order valence-electron chi connectivity index (χ0n) is 20.2. The van der Waals surface area contributed by atoms with Crippen molar-refractivity contribution in [2.75, 3.05) is 18.1 Å². The lowest BCUT2D eigenvalue weighted by Crippen LogP contribution is -2.24. The van der Waals surface area contributed by atoms with Gasteiger partial charge in [0.2, 0.25) is 5.91 Å². The van der Waals surface area contributed by atoms with Gasteiger partial charge in [0, 0.05) is 31.1 Å². The summed E-state index contributed by atoms with van der Waals surface area (Å²) in [5.41, 5.74) is 5.08. The van der Waals surface area contributed by atoms with Crippen molar-refractivity contribution in [3.8, 4) is 5.75 Å². The molecule has 0 spiro atoms. The number of amides is 1. The van der Waals surface area contributed by atoms with Crippen LogP contribution in [0.3, 0.4) is 0 Å². The molecule has 0 unspecified atom stereocenters. The molecule has 2 heterocycles. The van der Waals surface area contributed by atoms with Gasteiger partial charge >= 0.3 is 0 Å². The van der Waals surface area contributed by atoms with Crippen molar-refractivity contribution in [3.05, 3.63) is 89.5 Å². The lowest BCUT2D eigenvalue weighted by molar-refractivity contribution is -0.117. The largest absolute Gasteiger partial charge is 0.493 e. The maximum atomic E-state index is 13.4. The summed E-state index contributed by atoms with van der Waals surface area (Å²) in [6.07, 6.45) is 2.27. The molecule has 0 radical (unpaired) electrons. The fraction of sp³-hybridized carbons (Fsp3) is 0.310. The van der Waals surface area contributed by atoms with Crippen LogP contribution >= 0.6 is 0 Å². The van der Waals surface area contributed by atoms with Crippen LogP contribution in [0.5, 0.6) is 5.75 Å². The van der Waals surface area contributed by atoms with E-state index in [2.05, 4.69) is 36.6 Å². The molecule has 1 amide bonds. The Bertz CT molecular complexity index is 1330. The molecule has 180 valence electrons. The number of carbonyl (C=O) groups is 1. The summed E-state index contributed by atoms with van der Waals surface area (Å²) in [6, 6.07) is 20.4. The lowest BCUT2D eigenvalue weighted by atomic mass is 10.1. The van der Waals surface area contributed by atoms with Gasteiger partial charge in [-0.05, 0) is 74.2 Å². The fourth-order valence-electron chi connectivity index (χ4n) is 4.96. The third-order valence-electron chi connectivity index (χ3n) is 6.74. The SMILES string of the molecule is Cc1cccc(C)c1OCCCCn1c([C@@H]2CC(=O)N(c3ccc(F)cc3)C2)nc2ccccc21.